The fourth-order valence-electron chi connectivity index (χ4n) is 9.63. The van der Waals surface area contributed by atoms with Crippen LogP contribution in [0.2, 0.25) is 0 Å². The van der Waals surface area contributed by atoms with Crippen molar-refractivity contribution in [3.8, 4) is 6.07 Å². The number of carbonyl (C=O) groups excluding carboxylic acids is 2. The highest BCUT2D eigenvalue weighted by molar-refractivity contribution is 5.92. The van der Waals surface area contributed by atoms with Crippen molar-refractivity contribution in [3.63, 3.8) is 0 Å². The Morgan fingerprint density at radius 1 is 1.15 bits per heavy atom. The zero-order valence-electron chi connectivity index (χ0n) is 23.7. The van der Waals surface area contributed by atoms with Crippen molar-refractivity contribution in [2.45, 2.75) is 94.0 Å². The summed E-state index contributed by atoms with van der Waals surface area (Å²) in [6.07, 6.45) is 9.79. The number of carbonyl (C=O) groups is 2. The lowest BCUT2D eigenvalue weighted by molar-refractivity contribution is -0.201. The van der Waals surface area contributed by atoms with E-state index in [1.165, 1.54) is 12.5 Å². The molecular weight excluding hydrogens is 520 g/mol. The first-order chi connectivity index (χ1) is 19.8. The summed E-state index contributed by atoms with van der Waals surface area (Å²) in [7, 11) is 0. The highest BCUT2D eigenvalue weighted by Gasteiger charge is 2.63. The Morgan fingerprint density at radius 2 is 1.90 bits per heavy atom. The van der Waals surface area contributed by atoms with E-state index in [1.54, 1.807) is 12.1 Å². The molecule has 5 aliphatic carbocycles. The molecule has 10 nitrogen and oxygen atoms in total. The molecule has 3 heterocycles. The molecule has 2 amide bonds. The van der Waals surface area contributed by atoms with Gasteiger partial charge in [-0.25, -0.2) is 0 Å². The predicted molar refractivity (Wildman–Crippen MR) is 151 cm³/mol. The maximum absolute atomic E-state index is 13.7. The van der Waals surface area contributed by atoms with Gasteiger partial charge in [0.15, 0.2) is 0 Å². The second-order valence-electron chi connectivity index (χ2n) is 14.0. The van der Waals surface area contributed by atoms with E-state index in [0.29, 0.717) is 30.1 Å². The Bertz CT molecular complexity index is 1280. The van der Waals surface area contributed by atoms with Crippen molar-refractivity contribution < 1.29 is 14.3 Å². The lowest BCUT2D eigenvalue weighted by Gasteiger charge is -2.63. The second-order valence-corrected chi connectivity index (χ2v) is 14.0. The number of nitrogens with one attached hydrogen (secondary N) is 2. The average molecular weight is 563 g/mol. The number of nitriles is 1. The van der Waals surface area contributed by atoms with E-state index in [-0.39, 0.29) is 46.5 Å². The van der Waals surface area contributed by atoms with Gasteiger partial charge in [0.25, 0.3) is 5.91 Å². The van der Waals surface area contributed by atoms with E-state index >= 15 is 0 Å². The molecule has 8 rings (SSSR count). The Balaban J connectivity index is 0.926. The molecule has 7 aliphatic rings. The quantitative estimate of drug-likeness (QED) is 0.438. The molecule has 1 aromatic rings. The van der Waals surface area contributed by atoms with Gasteiger partial charge in [0, 0.05) is 37.8 Å². The zero-order chi connectivity index (χ0) is 28.4. The third kappa shape index (κ3) is 5.00. The molecule has 0 radical (unpaired) electrons. The van der Waals surface area contributed by atoms with Crippen molar-refractivity contribution in [2.24, 2.45) is 28.9 Å². The maximum Gasteiger partial charge on any atom is 0.268 e. The molecule has 7 fully saturated rings. The smallest absolute Gasteiger partial charge is 0.268 e. The van der Waals surface area contributed by atoms with Gasteiger partial charge >= 0.3 is 0 Å². The molecule has 2 saturated heterocycles. The molecule has 8 atom stereocenters. The third-order valence-electron chi connectivity index (χ3n) is 11.2. The van der Waals surface area contributed by atoms with Crippen LogP contribution in [-0.4, -0.2) is 82.6 Å². The Hall–Kier alpha value is -2.74. The van der Waals surface area contributed by atoms with Crippen LogP contribution in [0.3, 0.4) is 0 Å². The van der Waals surface area contributed by atoms with Crippen molar-refractivity contribution in [2.75, 3.05) is 26.2 Å². The van der Waals surface area contributed by atoms with E-state index in [9.17, 15) is 19.6 Å². The number of H-pyrrole nitrogens is 1. The largest absolute Gasteiger partial charge is 0.374 e. The monoisotopic (exact) mass is 562 g/mol. The number of pyridine rings is 1. The Kier molecular flexibility index (Phi) is 6.75. The lowest BCUT2D eigenvalue weighted by Crippen LogP contribution is -2.65. The minimum absolute atomic E-state index is 0.00670. The first kappa shape index (κ1) is 27.1. The van der Waals surface area contributed by atoms with Crippen LogP contribution in [0.5, 0.6) is 0 Å². The van der Waals surface area contributed by atoms with Crippen LogP contribution in [-0.2, 0) is 9.53 Å². The first-order valence-electron chi connectivity index (χ1n) is 15.6. The highest BCUT2D eigenvalue weighted by atomic mass is 16.5. The van der Waals surface area contributed by atoms with Gasteiger partial charge in [0.1, 0.15) is 11.7 Å². The normalized spacial score (nSPS) is 38.3. The van der Waals surface area contributed by atoms with Crippen molar-refractivity contribution in [1.29, 1.82) is 5.26 Å². The van der Waals surface area contributed by atoms with E-state index in [2.05, 4.69) is 21.3 Å². The third-order valence-corrected chi connectivity index (χ3v) is 11.2. The molecule has 41 heavy (non-hydrogen) atoms. The number of piperidine rings is 2. The summed E-state index contributed by atoms with van der Waals surface area (Å²) in [5.74, 6) is 1.40. The summed E-state index contributed by atoms with van der Waals surface area (Å²) in [5.41, 5.74) is 6.49. The van der Waals surface area contributed by atoms with Crippen molar-refractivity contribution >= 4 is 11.8 Å². The van der Waals surface area contributed by atoms with Crippen LogP contribution in [0.4, 0.5) is 0 Å². The summed E-state index contributed by atoms with van der Waals surface area (Å²) in [4.78, 5) is 44.6. The van der Waals surface area contributed by atoms with Gasteiger partial charge in [-0.05, 0) is 93.4 Å². The SMILES string of the molecule is N#C[C@@H]1C[C@@H]2C[C@@H]2N1C(=O)[C@@H](N)C12CC3C[C@H](CC(OCCN4CCC(NC(=O)c5cccc(=O)[nH]5)CC4)(C3)C1)C2. The number of nitrogens with zero attached hydrogens (tertiary/aromatic N) is 3. The standard InChI is InChI=1S/C31H42N6O4/c32-17-23-11-21-12-25(21)37(23)29(40)27(33)30-13-19-10-20(14-30)16-31(15-19,18-30)41-9-8-36-6-4-22(5-7-36)34-28(39)24-2-1-3-26(38)35-24/h1-3,19-23,25,27H,4-16,18,33H2,(H,34,39)(H,35,38)/t19-,20?,21+,23-,25-,27+,30?,31?/m0/s1. The number of aromatic nitrogens is 1. The molecule has 3 unspecified atom stereocenters. The summed E-state index contributed by atoms with van der Waals surface area (Å²) >= 11 is 0. The van der Waals surface area contributed by atoms with Gasteiger partial charge in [-0.2, -0.15) is 5.26 Å². The van der Waals surface area contributed by atoms with Gasteiger partial charge in [0.2, 0.25) is 11.5 Å². The summed E-state index contributed by atoms with van der Waals surface area (Å²) in [5, 5.41) is 12.7. The number of aromatic amines is 1. The van der Waals surface area contributed by atoms with Gasteiger partial charge in [-0.1, -0.05) is 6.07 Å². The molecule has 4 N–H and O–H groups in total. The predicted octanol–water partition coefficient (Wildman–Crippen LogP) is 1.76. The van der Waals surface area contributed by atoms with E-state index in [4.69, 9.17) is 10.5 Å². The van der Waals surface area contributed by atoms with Crippen LogP contribution in [0.15, 0.2) is 23.0 Å². The van der Waals surface area contributed by atoms with Crippen LogP contribution in [0.1, 0.15) is 74.7 Å². The van der Waals surface area contributed by atoms with Crippen LogP contribution in [0.25, 0.3) is 0 Å². The Morgan fingerprint density at radius 3 is 2.61 bits per heavy atom. The number of likely N-dealkylation sites (tertiary alicyclic amines) is 2. The van der Waals surface area contributed by atoms with Gasteiger partial charge in [0.05, 0.1) is 24.3 Å². The minimum atomic E-state index is -0.547. The van der Waals surface area contributed by atoms with E-state index < -0.39 is 6.04 Å². The second kappa shape index (κ2) is 10.2. The fraction of sp³-hybridized carbons (Fsp3) is 0.742. The average Bonchev–Trinajstić information content (AvgIpc) is 3.61. The molecule has 0 aromatic carbocycles. The Labute approximate surface area is 241 Å². The first-order valence-corrected chi connectivity index (χ1v) is 15.6. The maximum atomic E-state index is 13.7. The van der Waals surface area contributed by atoms with Gasteiger partial charge in [-0.3, -0.25) is 14.4 Å². The zero-order valence-corrected chi connectivity index (χ0v) is 23.7. The summed E-state index contributed by atoms with van der Waals surface area (Å²) in [6, 6.07) is 6.44. The van der Waals surface area contributed by atoms with E-state index in [0.717, 1.165) is 77.4 Å². The molecule has 4 bridgehead atoms. The number of rotatable bonds is 8. The highest BCUT2D eigenvalue weighted by Crippen LogP contribution is 2.64. The van der Waals surface area contributed by atoms with Crippen molar-refractivity contribution in [3.05, 3.63) is 34.2 Å². The molecular formula is C31H42N6O4. The van der Waals surface area contributed by atoms with Gasteiger partial charge < -0.3 is 30.6 Å². The molecule has 220 valence electrons. The van der Waals surface area contributed by atoms with E-state index in [1.807, 2.05) is 4.90 Å². The fourth-order valence-corrected chi connectivity index (χ4v) is 9.63. The number of ether oxygens (including phenoxy) is 1. The summed E-state index contributed by atoms with van der Waals surface area (Å²) < 4.78 is 6.78. The number of hydrogen-bond donors (Lipinski definition) is 3. The number of hydrogen-bond acceptors (Lipinski definition) is 7. The van der Waals surface area contributed by atoms with Crippen LogP contribution < -0.4 is 16.6 Å². The van der Waals surface area contributed by atoms with Crippen molar-refractivity contribution in [1.82, 2.24) is 20.1 Å². The lowest BCUT2D eigenvalue weighted by atomic mass is 9.46. The minimum Gasteiger partial charge on any atom is -0.374 e. The number of amides is 2. The molecule has 5 saturated carbocycles. The molecule has 1 aromatic heterocycles. The van der Waals surface area contributed by atoms with Crippen LogP contribution >= 0.6 is 0 Å². The molecule has 10 heteroatoms. The molecule has 2 aliphatic heterocycles. The van der Waals surface area contributed by atoms with Crippen LogP contribution in [0, 0.1) is 34.5 Å². The topological polar surface area (TPSA) is 145 Å². The summed E-state index contributed by atoms with van der Waals surface area (Å²) in [6.45, 7) is 3.29. The van der Waals surface area contributed by atoms with Gasteiger partial charge in [-0.15, -0.1) is 0 Å². The molecule has 0 spiro atoms. The number of nitrogens with two attached hydrogens (primary N) is 1. The number of fused-ring (bicyclic) bond motifs is 1.